The Kier molecular flexibility index (Phi) is 55.9. The van der Waals surface area contributed by atoms with E-state index >= 15 is 0 Å². The molecule has 10 heteroatoms. The van der Waals surface area contributed by atoms with Crippen LogP contribution in [-0.4, -0.2) is 74.3 Å². The van der Waals surface area contributed by atoms with Crippen LogP contribution in [0.4, 0.5) is 0 Å². The minimum Gasteiger partial charge on any atom is -0.456 e. The standard InChI is InChI=1S/C69H123N2O7P/c1-7-10-13-16-19-22-25-28-30-32-34-35-37-39-41-44-47-50-53-56-59-62-69(73)78-67(60-57-54-51-48-45-42-27-24-21-18-15-12-9-3)66(65-77-79(74,75)76-64-63-71(4,5)6)70-68(72)61-58-55-52-49-46-43-40-38-36-33-31-29-26-23-20-17-14-11-8-2/h11,14,19-20,22-23,28-31,36,38,43,46,57,60,66-67H,7-10,12-13,15-18,21,24-27,32-35,37,39-42,44-45,47-56,58-59,61-65H2,1-6H3,(H-,70,72,74,75)/p+1/b14-11-,22-19-,23-20-,30-28-,31-29-,38-36-,46-43-,60-57+. The van der Waals surface area contributed by atoms with Crippen LogP contribution in [-0.2, 0) is 27.9 Å². The Morgan fingerprint density at radius 3 is 1.25 bits per heavy atom. The van der Waals surface area contributed by atoms with Crippen molar-refractivity contribution in [2.75, 3.05) is 40.9 Å². The number of ether oxygens (including phenoxy) is 1. The molecule has 0 aromatic heterocycles. The van der Waals surface area contributed by atoms with Gasteiger partial charge in [-0.05, 0) is 109 Å². The summed E-state index contributed by atoms with van der Waals surface area (Å²) in [7, 11) is 1.46. The largest absolute Gasteiger partial charge is 0.472 e. The molecule has 79 heavy (non-hydrogen) atoms. The van der Waals surface area contributed by atoms with E-state index in [1.54, 1.807) is 0 Å². The molecule has 0 spiro atoms. The Hall–Kier alpha value is -3.07. The molecule has 0 aliphatic rings. The number of hydrogen-bond donors (Lipinski definition) is 2. The molecule has 0 aromatic carbocycles. The molecule has 0 saturated carbocycles. The second-order valence-electron chi connectivity index (χ2n) is 22.9. The van der Waals surface area contributed by atoms with Crippen molar-refractivity contribution in [2.24, 2.45) is 0 Å². The molecule has 3 unspecified atom stereocenters. The number of nitrogens with zero attached hydrogens (tertiary/aromatic N) is 1. The van der Waals surface area contributed by atoms with Gasteiger partial charge in [0, 0.05) is 12.8 Å². The predicted molar refractivity (Wildman–Crippen MR) is 341 cm³/mol. The summed E-state index contributed by atoms with van der Waals surface area (Å²) in [5, 5.41) is 3.04. The fourth-order valence-corrected chi connectivity index (χ4v) is 9.73. The normalized spacial score (nSPS) is 14.3. The van der Waals surface area contributed by atoms with Gasteiger partial charge >= 0.3 is 13.8 Å². The number of allylic oxidation sites excluding steroid dienone is 15. The van der Waals surface area contributed by atoms with Gasteiger partial charge in [-0.15, -0.1) is 0 Å². The molecule has 0 aromatic rings. The summed E-state index contributed by atoms with van der Waals surface area (Å²) in [6.45, 7) is 6.86. The molecule has 0 rings (SSSR count). The van der Waals surface area contributed by atoms with Crippen LogP contribution in [0.15, 0.2) is 97.2 Å². The van der Waals surface area contributed by atoms with Crippen LogP contribution in [0, 0.1) is 0 Å². The monoisotopic (exact) mass is 1120 g/mol. The lowest BCUT2D eigenvalue weighted by Gasteiger charge is -2.27. The molecule has 3 atom stereocenters. The van der Waals surface area contributed by atoms with Crippen LogP contribution >= 0.6 is 7.82 Å². The summed E-state index contributed by atoms with van der Waals surface area (Å²) in [6.07, 6.45) is 78.3. The number of likely N-dealkylation sites (N-methyl/N-ethyl adjacent to an activating group) is 1. The highest BCUT2D eigenvalue weighted by Gasteiger charge is 2.30. The van der Waals surface area contributed by atoms with Crippen molar-refractivity contribution in [3.63, 3.8) is 0 Å². The maximum Gasteiger partial charge on any atom is 0.472 e. The molecule has 0 saturated heterocycles. The number of nitrogens with one attached hydrogen (secondary N) is 1. The van der Waals surface area contributed by atoms with Crippen molar-refractivity contribution < 1.29 is 37.3 Å². The first-order valence-electron chi connectivity index (χ1n) is 32.6. The van der Waals surface area contributed by atoms with Gasteiger partial charge < -0.3 is 19.4 Å². The van der Waals surface area contributed by atoms with E-state index in [2.05, 4.69) is 111 Å². The summed E-state index contributed by atoms with van der Waals surface area (Å²) in [5.41, 5.74) is 0. The molecule has 2 N–H and O–H groups in total. The molecule has 9 nitrogen and oxygen atoms in total. The Balaban J connectivity index is 5.29. The van der Waals surface area contributed by atoms with Gasteiger partial charge in [-0.3, -0.25) is 18.6 Å². The third-order valence-corrected chi connectivity index (χ3v) is 15.0. The fraction of sp³-hybridized carbons (Fsp3) is 0.739. The molecule has 0 aliphatic carbocycles. The van der Waals surface area contributed by atoms with Crippen molar-refractivity contribution in [1.29, 1.82) is 0 Å². The minimum absolute atomic E-state index is 0.0292. The van der Waals surface area contributed by atoms with E-state index in [0.717, 1.165) is 96.3 Å². The molecular formula is C69H124N2O7P+. The zero-order valence-electron chi connectivity index (χ0n) is 52.1. The Labute approximate surface area is 488 Å². The lowest BCUT2D eigenvalue weighted by molar-refractivity contribution is -0.870. The third kappa shape index (κ3) is 59.4. The molecule has 0 bridgehead atoms. The van der Waals surface area contributed by atoms with Gasteiger partial charge in [-0.1, -0.05) is 253 Å². The van der Waals surface area contributed by atoms with Gasteiger partial charge in [-0.2, -0.15) is 0 Å². The summed E-state index contributed by atoms with van der Waals surface area (Å²) in [5.74, 6) is -0.544. The highest BCUT2D eigenvalue weighted by Crippen LogP contribution is 2.43. The number of phosphoric acid groups is 1. The van der Waals surface area contributed by atoms with Gasteiger partial charge in [0.05, 0.1) is 33.8 Å². The van der Waals surface area contributed by atoms with Crippen molar-refractivity contribution in [1.82, 2.24) is 5.32 Å². The predicted octanol–water partition coefficient (Wildman–Crippen LogP) is 20.3. The number of quaternary nitrogens is 1. The summed E-state index contributed by atoms with van der Waals surface area (Å²) in [6, 6.07) is -0.872. The zero-order chi connectivity index (χ0) is 57.9. The molecule has 1 amide bonds. The molecule has 0 heterocycles. The number of carbonyl (C=O) groups is 2. The number of amides is 1. The van der Waals surface area contributed by atoms with Crippen molar-refractivity contribution in [2.45, 2.75) is 290 Å². The first kappa shape index (κ1) is 75.9. The Morgan fingerprint density at radius 1 is 0.456 bits per heavy atom. The van der Waals surface area contributed by atoms with Gasteiger partial charge in [-0.25, -0.2) is 4.57 Å². The topological polar surface area (TPSA) is 111 Å². The van der Waals surface area contributed by atoms with Crippen molar-refractivity contribution in [3.8, 4) is 0 Å². The zero-order valence-corrected chi connectivity index (χ0v) is 53.0. The van der Waals surface area contributed by atoms with Gasteiger partial charge in [0.1, 0.15) is 19.3 Å². The van der Waals surface area contributed by atoms with Gasteiger partial charge in [0.15, 0.2) is 0 Å². The first-order valence-corrected chi connectivity index (χ1v) is 34.1. The maximum absolute atomic E-state index is 13.6. The SMILES string of the molecule is CC/C=C\C/C=C\C/C=C\C/C=C\C/C=C\CCCCCC(=O)NC(COP(=O)(O)OCC[N+](C)(C)C)C(/C=C/CCCCCCCCCCCCC)OC(=O)CCCCCCCCCCCCC/C=C\C/C=C\CCCCC. The van der Waals surface area contributed by atoms with Gasteiger partial charge in [0.2, 0.25) is 5.91 Å². The highest BCUT2D eigenvalue weighted by atomic mass is 31.2. The second kappa shape index (κ2) is 58.1. The summed E-state index contributed by atoms with van der Waals surface area (Å²) >= 11 is 0. The lowest BCUT2D eigenvalue weighted by atomic mass is 10.0. The number of hydrogen-bond acceptors (Lipinski definition) is 6. The van der Waals surface area contributed by atoms with E-state index in [1.807, 2.05) is 33.3 Å². The maximum atomic E-state index is 13.6. The number of esters is 1. The number of phosphoric ester groups is 1. The van der Waals surface area contributed by atoms with Crippen LogP contribution < -0.4 is 5.32 Å². The summed E-state index contributed by atoms with van der Waals surface area (Å²) < 4.78 is 30.7. The molecule has 0 aliphatic heterocycles. The Morgan fingerprint density at radius 2 is 0.810 bits per heavy atom. The van der Waals surface area contributed by atoms with Gasteiger partial charge in [0.25, 0.3) is 0 Å². The van der Waals surface area contributed by atoms with Crippen molar-refractivity contribution >= 4 is 19.7 Å². The second-order valence-corrected chi connectivity index (χ2v) is 24.4. The van der Waals surface area contributed by atoms with Crippen LogP contribution in [0.5, 0.6) is 0 Å². The van der Waals surface area contributed by atoms with Crippen LogP contribution in [0.1, 0.15) is 278 Å². The Bertz CT molecular complexity index is 1670. The average Bonchev–Trinajstić information content (AvgIpc) is 3.41. The van der Waals surface area contributed by atoms with Crippen molar-refractivity contribution in [3.05, 3.63) is 97.2 Å². The van der Waals surface area contributed by atoms with Crippen LogP contribution in [0.25, 0.3) is 0 Å². The number of rotatable bonds is 58. The first-order chi connectivity index (χ1) is 38.4. The fourth-order valence-electron chi connectivity index (χ4n) is 9.00. The minimum atomic E-state index is -4.47. The van der Waals surface area contributed by atoms with E-state index < -0.39 is 20.0 Å². The third-order valence-electron chi connectivity index (χ3n) is 14.0. The lowest BCUT2D eigenvalue weighted by Crippen LogP contribution is -2.47. The van der Waals surface area contributed by atoms with E-state index in [9.17, 15) is 19.0 Å². The quantitative estimate of drug-likeness (QED) is 0.0205. The number of carbonyl (C=O) groups excluding carboxylic acids is 2. The molecule has 0 radical (unpaired) electrons. The van der Waals surface area contributed by atoms with E-state index in [4.69, 9.17) is 13.8 Å². The number of unbranched alkanes of at least 4 members (excludes halogenated alkanes) is 28. The van der Waals surface area contributed by atoms with Crippen LogP contribution in [0.2, 0.25) is 0 Å². The summed E-state index contributed by atoms with van der Waals surface area (Å²) in [4.78, 5) is 37.8. The smallest absolute Gasteiger partial charge is 0.456 e. The highest BCUT2D eigenvalue weighted by molar-refractivity contribution is 7.47. The van der Waals surface area contributed by atoms with Crippen LogP contribution in [0.3, 0.4) is 0 Å². The van der Waals surface area contributed by atoms with E-state index in [0.29, 0.717) is 17.4 Å². The molecular weight excluding hydrogens is 1000 g/mol. The molecule has 456 valence electrons. The van der Waals surface area contributed by atoms with E-state index in [-0.39, 0.29) is 37.9 Å². The van der Waals surface area contributed by atoms with E-state index in [1.165, 1.54) is 141 Å². The molecule has 0 fully saturated rings. The average molecular weight is 1120 g/mol.